The standard InChI is InChI=1S/C19H26F2N2O2/c20-16-6-5-15(18(21)12-16)11-19(24)23-9-4-10-25-17(14-23)13-22-7-2-1-3-8-22/h5-6,12,17H,1-4,7-11,13-14H2/t17-/m0/s1. The fourth-order valence-corrected chi connectivity index (χ4v) is 3.60. The quantitative estimate of drug-likeness (QED) is 0.835. The summed E-state index contributed by atoms with van der Waals surface area (Å²) in [4.78, 5) is 16.8. The summed E-state index contributed by atoms with van der Waals surface area (Å²) in [5.74, 6) is -1.41. The minimum Gasteiger partial charge on any atom is -0.375 e. The van der Waals surface area contributed by atoms with E-state index in [0.29, 0.717) is 19.7 Å². The number of rotatable bonds is 4. The van der Waals surface area contributed by atoms with Crippen LogP contribution >= 0.6 is 0 Å². The molecule has 1 aromatic rings. The van der Waals surface area contributed by atoms with Gasteiger partial charge in [0.15, 0.2) is 0 Å². The third-order valence-electron chi connectivity index (χ3n) is 4.97. The van der Waals surface area contributed by atoms with Gasteiger partial charge in [-0.2, -0.15) is 0 Å². The molecule has 25 heavy (non-hydrogen) atoms. The van der Waals surface area contributed by atoms with E-state index in [1.54, 1.807) is 4.90 Å². The van der Waals surface area contributed by atoms with Crippen LogP contribution < -0.4 is 0 Å². The number of piperidine rings is 1. The van der Waals surface area contributed by atoms with E-state index in [2.05, 4.69) is 4.90 Å². The third-order valence-corrected chi connectivity index (χ3v) is 4.97. The van der Waals surface area contributed by atoms with Gasteiger partial charge in [0.05, 0.1) is 12.5 Å². The molecule has 4 nitrogen and oxygen atoms in total. The Hall–Kier alpha value is -1.53. The molecule has 2 aliphatic heterocycles. The highest BCUT2D eigenvalue weighted by molar-refractivity contribution is 5.78. The number of amides is 1. The van der Waals surface area contributed by atoms with Crippen LogP contribution in [0.4, 0.5) is 8.78 Å². The van der Waals surface area contributed by atoms with E-state index in [0.717, 1.165) is 32.1 Å². The van der Waals surface area contributed by atoms with Crippen molar-refractivity contribution < 1.29 is 18.3 Å². The molecule has 1 amide bonds. The predicted molar refractivity (Wildman–Crippen MR) is 91.3 cm³/mol. The fraction of sp³-hybridized carbons (Fsp3) is 0.632. The second-order valence-electron chi connectivity index (χ2n) is 6.96. The molecule has 2 heterocycles. The summed E-state index contributed by atoms with van der Waals surface area (Å²) in [6, 6.07) is 3.37. The lowest BCUT2D eigenvalue weighted by Crippen LogP contribution is -2.44. The van der Waals surface area contributed by atoms with Crippen LogP contribution in [0.2, 0.25) is 0 Å². The van der Waals surface area contributed by atoms with Crippen molar-refractivity contribution in [2.24, 2.45) is 0 Å². The Bertz CT molecular complexity index is 591. The lowest BCUT2D eigenvalue weighted by atomic mass is 10.1. The van der Waals surface area contributed by atoms with Crippen molar-refractivity contribution in [3.63, 3.8) is 0 Å². The van der Waals surface area contributed by atoms with E-state index in [-0.39, 0.29) is 24.0 Å². The molecule has 1 atom stereocenters. The average molecular weight is 352 g/mol. The minimum absolute atomic E-state index is 0.00242. The van der Waals surface area contributed by atoms with Gasteiger partial charge in [-0.05, 0) is 44.0 Å². The topological polar surface area (TPSA) is 32.8 Å². The van der Waals surface area contributed by atoms with Gasteiger partial charge in [-0.1, -0.05) is 12.5 Å². The molecule has 2 saturated heterocycles. The molecule has 0 spiro atoms. The first-order valence-corrected chi connectivity index (χ1v) is 9.17. The molecule has 2 fully saturated rings. The smallest absolute Gasteiger partial charge is 0.227 e. The van der Waals surface area contributed by atoms with Crippen molar-refractivity contribution in [1.29, 1.82) is 0 Å². The van der Waals surface area contributed by atoms with E-state index >= 15 is 0 Å². The molecule has 138 valence electrons. The Morgan fingerprint density at radius 2 is 1.92 bits per heavy atom. The van der Waals surface area contributed by atoms with Crippen LogP contribution in [0.1, 0.15) is 31.2 Å². The molecule has 0 bridgehead atoms. The SMILES string of the molecule is O=C(Cc1ccc(F)cc1F)N1CCCO[C@@H](CN2CCCCC2)C1. The maximum atomic E-state index is 13.8. The van der Waals surface area contributed by atoms with Gasteiger partial charge in [0.2, 0.25) is 5.91 Å². The first kappa shape index (κ1) is 18.3. The molecule has 2 aliphatic rings. The van der Waals surface area contributed by atoms with Gasteiger partial charge >= 0.3 is 0 Å². The highest BCUT2D eigenvalue weighted by atomic mass is 19.1. The Morgan fingerprint density at radius 1 is 1.12 bits per heavy atom. The van der Waals surface area contributed by atoms with Crippen molar-refractivity contribution in [1.82, 2.24) is 9.80 Å². The number of carbonyl (C=O) groups is 1. The van der Waals surface area contributed by atoms with Crippen LogP contribution in [0.15, 0.2) is 18.2 Å². The average Bonchev–Trinajstić information content (AvgIpc) is 2.84. The number of hydrogen-bond acceptors (Lipinski definition) is 3. The van der Waals surface area contributed by atoms with Crippen molar-refractivity contribution in [2.45, 2.75) is 38.2 Å². The van der Waals surface area contributed by atoms with Crippen LogP contribution in [0.25, 0.3) is 0 Å². The maximum absolute atomic E-state index is 13.8. The van der Waals surface area contributed by atoms with Gasteiger partial charge < -0.3 is 14.5 Å². The van der Waals surface area contributed by atoms with Crippen LogP contribution in [0.5, 0.6) is 0 Å². The summed E-state index contributed by atoms with van der Waals surface area (Å²) in [6.45, 7) is 4.83. The summed E-state index contributed by atoms with van der Waals surface area (Å²) in [5, 5.41) is 0. The van der Waals surface area contributed by atoms with E-state index in [4.69, 9.17) is 4.74 Å². The Morgan fingerprint density at radius 3 is 2.68 bits per heavy atom. The zero-order valence-corrected chi connectivity index (χ0v) is 14.6. The second kappa shape index (κ2) is 8.72. The molecule has 0 N–H and O–H groups in total. The van der Waals surface area contributed by atoms with Crippen LogP contribution in [0, 0.1) is 11.6 Å². The van der Waals surface area contributed by atoms with Crippen LogP contribution in [-0.4, -0.2) is 61.1 Å². The van der Waals surface area contributed by atoms with E-state index in [9.17, 15) is 13.6 Å². The molecular weight excluding hydrogens is 326 g/mol. The van der Waals surface area contributed by atoms with Gasteiger partial charge in [-0.3, -0.25) is 4.79 Å². The van der Waals surface area contributed by atoms with Gasteiger partial charge in [0.25, 0.3) is 0 Å². The molecule has 0 aliphatic carbocycles. The molecule has 3 rings (SSSR count). The van der Waals surface area contributed by atoms with Crippen molar-refractivity contribution in [3.05, 3.63) is 35.4 Å². The lowest BCUT2D eigenvalue weighted by Gasteiger charge is -2.31. The number of benzene rings is 1. The fourth-order valence-electron chi connectivity index (χ4n) is 3.60. The maximum Gasteiger partial charge on any atom is 0.227 e. The highest BCUT2D eigenvalue weighted by Gasteiger charge is 2.25. The summed E-state index contributed by atoms with van der Waals surface area (Å²) < 4.78 is 32.7. The Labute approximate surface area is 147 Å². The van der Waals surface area contributed by atoms with E-state index in [1.807, 2.05) is 0 Å². The van der Waals surface area contributed by atoms with Gasteiger partial charge in [-0.15, -0.1) is 0 Å². The van der Waals surface area contributed by atoms with Gasteiger partial charge in [0.1, 0.15) is 11.6 Å². The number of hydrogen-bond donors (Lipinski definition) is 0. The minimum atomic E-state index is -0.663. The van der Waals surface area contributed by atoms with Crippen molar-refractivity contribution >= 4 is 5.91 Å². The predicted octanol–water partition coefficient (Wildman–Crippen LogP) is 2.61. The normalized spacial score (nSPS) is 22.6. The third kappa shape index (κ3) is 5.22. The number of nitrogens with zero attached hydrogens (tertiary/aromatic N) is 2. The molecule has 0 radical (unpaired) electrons. The summed E-state index contributed by atoms with van der Waals surface area (Å²) >= 11 is 0. The molecule has 0 saturated carbocycles. The number of likely N-dealkylation sites (tertiary alicyclic amines) is 1. The molecule has 0 aromatic heterocycles. The molecule has 6 heteroatoms. The monoisotopic (exact) mass is 352 g/mol. The summed E-state index contributed by atoms with van der Waals surface area (Å²) in [5.41, 5.74) is 0.240. The zero-order valence-electron chi connectivity index (χ0n) is 14.6. The van der Waals surface area contributed by atoms with Gasteiger partial charge in [-0.25, -0.2) is 8.78 Å². The number of ether oxygens (including phenoxy) is 1. The van der Waals surface area contributed by atoms with Crippen LogP contribution in [0.3, 0.4) is 0 Å². The number of carbonyl (C=O) groups excluding carboxylic acids is 1. The Kier molecular flexibility index (Phi) is 6.37. The van der Waals surface area contributed by atoms with Crippen molar-refractivity contribution in [3.8, 4) is 0 Å². The molecule has 0 unspecified atom stereocenters. The first-order valence-electron chi connectivity index (χ1n) is 9.17. The van der Waals surface area contributed by atoms with Gasteiger partial charge in [0, 0.05) is 32.3 Å². The van der Waals surface area contributed by atoms with Crippen molar-refractivity contribution in [2.75, 3.05) is 39.3 Å². The van der Waals surface area contributed by atoms with E-state index < -0.39 is 11.6 Å². The first-order chi connectivity index (χ1) is 12.1. The lowest BCUT2D eigenvalue weighted by molar-refractivity contribution is -0.131. The van der Waals surface area contributed by atoms with Crippen LogP contribution in [-0.2, 0) is 16.0 Å². The number of halogens is 2. The highest BCUT2D eigenvalue weighted by Crippen LogP contribution is 2.15. The zero-order chi connectivity index (χ0) is 17.6. The Balaban J connectivity index is 1.58. The van der Waals surface area contributed by atoms with E-state index in [1.165, 1.54) is 31.4 Å². The molecular formula is C19H26F2N2O2. The molecule has 1 aromatic carbocycles. The largest absolute Gasteiger partial charge is 0.375 e. The summed E-state index contributed by atoms with van der Waals surface area (Å²) in [6.07, 6.45) is 4.48. The summed E-state index contributed by atoms with van der Waals surface area (Å²) in [7, 11) is 0. The second-order valence-corrected chi connectivity index (χ2v) is 6.96.